The monoisotopic (exact) mass is 400 g/mol. The van der Waals surface area contributed by atoms with Gasteiger partial charge in [0, 0.05) is 17.8 Å². The van der Waals surface area contributed by atoms with E-state index in [4.69, 9.17) is 23.2 Å². The molecular weight excluding hydrogens is 383 g/mol. The van der Waals surface area contributed by atoms with E-state index in [1.807, 2.05) is 19.1 Å². The number of likely N-dealkylation sites (N-methyl/N-ethyl adjacent to an activating group) is 1. The van der Waals surface area contributed by atoms with Crippen LogP contribution in [0.2, 0.25) is 10.0 Å². The fourth-order valence-corrected chi connectivity index (χ4v) is 4.13. The molecule has 0 aliphatic rings. The molecule has 0 aromatic heterocycles. The normalized spacial score (nSPS) is 11.6. The topological polar surface area (TPSA) is 66.5 Å². The van der Waals surface area contributed by atoms with Gasteiger partial charge in [-0.3, -0.25) is 4.79 Å². The van der Waals surface area contributed by atoms with E-state index in [1.54, 1.807) is 12.1 Å². The maximum Gasteiger partial charge on any atom is 0.244 e. The van der Waals surface area contributed by atoms with Crippen LogP contribution in [0.25, 0.3) is 0 Å². The lowest BCUT2D eigenvalue weighted by molar-refractivity contribution is -0.116. The van der Waals surface area contributed by atoms with Crippen molar-refractivity contribution in [2.45, 2.75) is 18.2 Å². The molecule has 0 aliphatic carbocycles. The Balaban J connectivity index is 2.16. The molecule has 0 bridgehead atoms. The molecule has 0 heterocycles. The second-order valence-electron chi connectivity index (χ2n) is 5.39. The largest absolute Gasteiger partial charge is 0.325 e. The zero-order valence-electron chi connectivity index (χ0n) is 13.8. The number of hydrogen-bond donors (Lipinski definition) is 1. The quantitative estimate of drug-likeness (QED) is 0.801. The smallest absolute Gasteiger partial charge is 0.244 e. The van der Waals surface area contributed by atoms with Gasteiger partial charge in [0.05, 0.1) is 11.6 Å². The number of para-hydroxylation sites is 1. The summed E-state index contributed by atoms with van der Waals surface area (Å²) in [5.41, 5.74) is 1.64. The molecule has 0 fully saturated rings. The van der Waals surface area contributed by atoms with E-state index >= 15 is 0 Å². The minimum atomic E-state index is -3.94. The maximum atomic E-state index is 12.6. The first-order chi connectivity index (χ1) is 11.8. The molecule has 0 aliphatic heterocycles. The van der Waals surface area contributed by atoms with Crippen LogP contribution in [-0.2, 0) is 21.2 Å². The van der Waals surface area contributed by atoms with Crippen molar-refractivity contribution >= 4 is 44.8 Å². The van der Waals surface area contributed by atoms with Gasteiger partial charge in [0.25, 0.3) is 0 Å². The Hall–Kier alpha value is -1.60. The summed E-state index contributed by atoms with van der Waals surface area (Å²) < 4.78 is 26.2. The van der Waals surface area contributed by atoms with E-state index in [0.717, 1.165) is 16.3 Å². The van der Waals surface area contributed by atoms with Gasteiger partial charge in [-0.05, 0) is 36.2 Å². The van der Waals surface area contributed by atoms with Crippen LogP contribution in [0.4, 0.5) is 5.69 Å². The molecule has 5 nitrogen and oxygen atoms in total. The van der Waals surface area contributed by atoms with Crippen LogP contribution in [0.3, 0.4) is 0 Å². The van der Waals surface area contributed by atoms with Crippen molar-refractivity contribution in [2.24, 2.45) is 0 Å². The number of sulfonamides is 1. The predicted molar refractivity (Wildman–Crippen MR) is 101 cm³/mol. The van der Waals surface area contributed by atoms with Gasteiger partial charge in [-0.2, -0.15) is 4.31 Å². The van der Waals surface area contributed by atoms with E-state index in [-0.39, 0.29) is 21.5 Å². The summed E-state index contributed by atoms with van der Waals surface area (Å²) in [7, 11) is -2.62. The number of halogens is 2. The van der Waals surface area contributed by atoms with E-state index in [0.29, 0.717) is 5.69 Å². The average Bonchev–Trinajstić information content (AvgIpc) is 2.57. The standard InChI is InChI=1S/C17H18Cl2N2O3S/c1-3-12-6-4-5-7-15(12)20-17(22)11-21(2)25(23,24)16-10-13(18)8-9-14(16)19/h4-10H,3,11H2,1-2H3,(H,20,22). The zero-order chi connectivity index (χ0) is 18.6. The van der Waals surface area contributed by atoms with Gasteiger partial charge in [-0.25, -0.2) is 8.42 Å². The minimum absolute atomic E-state index is 0.0491. The number of amides is 1. The van der Waals surface area contributed by atoms with Gasteiger partial charge in [0.2, 0.25) is 15.9 Å². The minimum Gasteiger partial charge on any atom is -0.325 e. The molecule has 1 N–H and O–H groups in total. The highest BCUT2D eigenvalue weighted by molar-refractivity contribution is 7.89. The van der Waals surface area contributed by atoms with Crippen LogP contribution in [0.1, 0.15) is 12.5 Å². The number of nitrogens with zero attached hydrogens (tertiary/aromatic N) is 1. The summed E-state index contributed by atoms with van der Waals surface area (Å²) in [4.78, 5) is 12.1. The highest BCUT2D eigenvalue weighted by Crippen LogP contribution is 2.27. The van der Waals surface area contributed by atoms with E-state index in [1.165, 1.54) is 25.2 Å². The van der Waals surface area contributed by atoms with Crippen LogP contribution in [0, 0.1) is 0 Å². The van der Waals surface area contributed by atoms with Gasteiger partial charge < -0.3 is 5.32 Å². The fourth-order valence-electron chi connectivity index (χ4n) is 2.27. The number of hydrogen-bond acceptors (Lipinski definition) is 3. The number of rotatable bonds is 6. The molecule has 2 rings (SSSR count). The van der Waals surface area contributed by atoms with Crippen LogP contribution in [0.5, 0.6) is 0 Å². The molecule has 0 spiro atoms. The molecule has 25 heavy (non-hydrogen) atoms. The first-order valence-corrected chi connectivity index (χ1v) is 9.74. The number of aryl methyl sites for hydroxylation is 1. The molecule has 8 heteroatoms. The van der Waals surface area contributed by atoms with Crippen molar-refractivity contribution < 1.29 is 13.2 Å². The highest BCUT2D eigenvalue weighted by atomic mass is 35.5. The van der Waals surface area contributed by atoms with Gasteiger partial charge in [-0.1, -0.05) is 48.3 Å². The third-order valence-electron chi connectivity index (χ3n) is 3.62. The Morgan fingerprint density at radius 3 is 2.52 bits per heavy atom. The number of nitrogens with one attached hydrogen (secondary N) is 1. The number of benzene rings is 2. The van der Waals surface area contributed by atoms with E-state index in [9.17, 15) is 13.2 Å². The predicted octanol–water partition coefficient (Wildman–Crippen LogP) is 3.82. The SMILES string of the molecule is CCc1ccccc1NC(=O)CN(C)S(=O)(=O)c1cc(Cl)ccc1Cl. The summed E-state index contributed by atoms with van der Waals surface area (Å²) >= 11 is 11.8. The Morgan fingerprint density at radius 2 is 1.84 bits per heavy atom. The summed E-state index contributed by atoms with van der Waals surface area (Å²) in [5.74, 6) is -0.440. The lowest BCUT2D eigenvalue weighted by Gasteiger charge is -2.18. The van der Waals surface area contributed by atoms with Crippen LogP contribution in [0.15, 0.2) is 47.4 Å². The second kappa shape index (κ2) is 8.19. The lowest BCUT2D eigenvalue weighted by atomic mass is 10.1. The zero-order valence-corrected chi connectivity index (χ0v) is 16.1. The Bertz CT molecular complexity index is 885. The molecule has 0 atom stereocenters. The van der Waals surface area contributed by atoms with Gasteiger partial charge in [0.15, 0.2) is 0 Å². The Morgan fingerprint density at radius 1 is 1.16 bits per heavy atom. The molecule has 1 amide bonds. The van der Waals surface area contributed by atoms with Crippen LogP contribution in [-0.4, -0.2) is 32.2 Å². The lowest BCUT2D eigenvalue weighted by Crippen LogP contribution is -2.35. The van der Waals surface area contributed by atoms with Gasteiger partial charge >= 0.3 is 0 Å². The third-order valence-corrected chi connectivity index (χ3v) is 6.14. The first-order valence-electron chi connectivity index (χ1n) is 7.55. The summed E-state index contributed by atoms with van der Waals surface area (Å²) in [5, 5.41) is 3.03. The highest BCUT2D eigenvalue weighted by Gasteiger charge is 2.26. The summed E-state index contributed by atoms with van der Waals surface area (Å²) in [6, 6.07) is 11.5. The number of carbonyl (C=O) groups is 1. The molecule has 0 saturated carbocycles. The van der Waals surface area contributed by atoms with Crippen molar-refractivity contribution in [2.75, 3.05) is 18.9 Å². The molecule has 2 aromatic carbocycles. The van der Waals surface area contributed by atoms with Gasteiger partial charge in [-0.15, -0.1) is 0 Å². The molecule has 0 unspecified atom stereocenters. The average molecular weight is 401 g/mol. The molecule has 2 aromatic rings. The summed E-state index contributed by atoms with van der Waals surface area (Å²) in [6.07, 6.45) is 0.753. The number of carbonyl (C=O) groups excluding carboxylic acids is 1. The molecule has 0 radical (unpaired) electrons. The van der Waals surface area contributed by atoms with E-state index < -0.39 is 15.9 Å². The molecule has 0 saturated heterocycles. The summed E-state index contributed by atoms with van der Waals surface area (Å²) in [6.45, 7) is 1.63. The number of anilines is 1. The Labute approximate surface area is 157 Å². The van der Waals surface area contributed by atoms with Gasteiger partial charge in [0.1, 0.15) is 4.90 Å². The van der Waals surface area contributed by atoms with Crippen molar-refractivity contribution in [3.05, 3.63) is 58.1 Å². The Kier molecular flexibility index (Phi) is 6.46. The van der Waals surface area contributed by atoms with Crippen molar-refractivity contribution in [1.29, 1.82) is 0 Å². The second-order valence-corrected chi connectivity index (χ2v) is 8.25. The molecular formula is C17H18Cl2N2O3S. The maximum absolute atomic E-state index is 12.6. The van der Waals surface area contributed by atoms with E-state index in [2.05, 4.69) is 5.32 Å². The van der Waals surface area contributed by atoms with Crippen molar-refractivity contribution in [3.8, 4) is 0 Å². The van der Waals surface area contributed by atoms with Crippen molar-refractivity contribution in [3.63, 3.8) is 0 Å². The third kappa shape index (κ3) is 4.73. The molecule has 134 valence electrons. The fraction of sp³-hybridized carbons (Fsp3) is 0.235. The first kappa shape index (κ1) is 19.7. The van der Waals surface area contributed by atoms with Crippen LogP contribution >= 0.6 is 23.2 Å². The van der Waals surface area contributed by atoms with Crippen molar-refractivity contribution in [1.82, 2.24) is 4.31 Å². The van der Waals surface area contributed by atoms with Crippen LogP contribution < -0.4 is 5.32 Å².